The second-order valence-electron chi connectivity index (χ2n) is 1.73. The first-order chi connectivity index (χ1) is 4.74. The van der Waals surface area contributed by atoms with Gasteiger partial charge >= 0.3 is 0 Å². The summed E-state index contributed by atoms with van der Waals surface area (Å²) < 4.78 is 13.1. The molecule has 0 N–H and O–H groups in total. The first kappa shape index (κ1) is 8.14. The molecule has 1 aromatic rings. The standard InChI is InChI=1S/C6H4Br2FN/c7-2-4-3-10-6(9)1-5(4)8/h1,3H,2H2. The van der Waals surface area contributed by atoms with E-state index >= 15 is 0 Å². The van der Waals surface area contributed by atoms with Gasteiger partial charge in [0.1, 0.15) is 0 Å². The number of rotatable bonds is 1. The molecule has 0 spiro atoms. The fraction of sp³-hybridized carbons (Fsp3) is 0.167. The van der Waals surface area contributed by atoms with Gasteiger partial charge in [0.2, 0.25) is 5.95 Å². The van der Waals surface area contributed by atoms with Crippen molar-refractivity contribution in [3.05, 3.63) is 28.2 Å². The summed E-state index contributed by atoms with van der Waals surface area (Å²) in [5.41, 5.74) is 0.946. The molecule has 0 atom stereocenters. The minimum Gasteiger partial charge on any atom is -0.228 e. The summed E-state index contributed by atoms with van der Waals surface area (Å²) in [6.07, 6.45) is 1.49. The van der Waals surface area contributed by atoms with Crippen molar-refractivity contribution in [2.45, 2.75) is 5.33 Å². The fourth-order valence-electron chi connectivity index (χ4n) is 0.534. The Balaban J connectivity index is 3.07. The van der Waals surface area contributed by atoms with Gasteiger partial charge < -0.3 is 0 Å². The smallest absolute Gasteiger partial charge is 0.213 e. The Kier molecular flexibility index (Phi) is 2.80. The van der Waals surface area contributed by atoms with E-state index in [-0.39, 0.29) is 0 Å². The highest BCUT2D eigenvalue weighted by Crippen LogP contribution is 2.18. The van der Waals surface area contributed by atoms with Gasteiger partial charge in [0, 0.05) is 22.1 Å². The van der Waals surface area contributed by atoms with Crippen molar-refractivity contribution < 1.29 is 4.39 Å². The molecule has 0 bridgehead atoms. The molecule has 1 aromatic heterocycles. The molecular weight excluding hydrogens is 265 g/mol. The third-order valence-electron chi connectivity index (χ3n) is 1.04. The Morgan fingerprint density at radius 3 is 2.80 bits per heavy atom. The van der Waals surface area contributed by atoms with Crippen LogP contribution in [-0.2, 0) is 5.33 Å². The summed E-state index contributed by atoms with van der Waals surface area (Å²) in [6, 6.07) is 1.34. The third-order valence-corrected chi connectivity index (χ3v) is 2.38. The largest absolute Gasteiger partial charge is 0.228 e. The van der Waals surface area contributed by atoms with Crippen LogP contribution in [0.4, 0.5) is 4.39 Å². The molecule has 10 heavy (non-hydrogen) atoms. The topological polar surface area (TPSA) is 12.9 Å². The van der Waals surface area contributed by atoms with E-state index in [0.29, 0.717) is 5.33 Å². The highest BCUT2D eigenvalue weighted by Gasteiger charge is 1.99. The quantitative estimate of drug-likeness (QED) is 0.564. The van der Waals surface area contributed by atoms with Crippen LogP contribution in [0.3, 0.4) is 0 Å². The van der Waals surface area contributed by atoms with Crippen LogP contribution < -0.4 is 0 Å². The van der Waals surface area contributed by atoms with Crippen LogP contribution >= 0.6 is 31.9 Å². The molecule has 4 heteroatoms. The van der Waals surface area contributed by atoms with E-state index in [1.165, 1.54) is 12.3 Å². The minimum atomic E-state index is -0.462. The van der Waals surface area contributed by atoms with Gasteiger partial charge in [-0.1, -0.05) is 31.9 Å². The maximum atomic E-state index is 12.3. The zero-order valence-electron chi connectivity index (χ0n) is 4.94. The molecule has 0 aromatic carbocycles. The zero-order valence-corrected chi connectivity index (χ0v) is 8.11. The predicted molar refractivity (Wildman–Crippen MR) is 44.5 cm³/mol. The van der Waals surface area contributed by atoms with Gasteiger partial charge in [0.05, 0.1) is 0 Å². The highest BCUT2D eigenvalue weighted by molar-refractivity contribution is 9.10. The van der Waals surface area contributed by atoms with E-state index in [1.54, 1.807) is 0 Å². The molecule has 1 rings (SSSR count). The maximum Gasteiger partial charge on any atom is 0.213 e. The molecule has 0 aliphatic rings. The van der Waals surface area contributed by atoms with Crippen molar-refractivity contribution in [1.29, 1.82) is 0 Å². The second-order valence-corrected chi connectivity index (χ2v) is 3.15. The average molecular weight is 269 g/mol. The molecule has 0 aliphatic heterocycles. The van der Waals surface area contributed by atoms with Gasteiger partial charge in [-0.05, 0) is 5.56 Å². The van der Waals surface area contributed by atoms with Gasteiger partial charge in [0.15, 0.2) is 0 Å². The first-order valence-corrected chi connectivity index (χ1v) is 4.51. The molecule has 54 valence electrons. The summed E-state index contributed by atoms with van der Waals surface area (Å²) in [7, 11) is 0. The number of hydrogen-bond acceptors (Lipinski definition) is 1. The van der Waals surface area contributed by atoms with Crippen LogP contribution in [0.1, 0.15) is 5.56 Å². The molecule has 0 saturated carbocycles. The Labute approximate surface area is 74.9 Å². The van der Waals surface area contributed by atoms with Gasteiger partial charge in [-0.3, -0.25) is 0 Å². The molecular formula is C6H4Br2FN. The molecule has 0 fully saturated rings. The van der Waals surface area contributed by atoms with Crippen LogP contribution in [0.25, 0.3) is 0 Å². The number of hydrogen-bond donors (Lipinski definition) is 0. The monoisotopic (exact) mass is 267 g/mol. The lowest BCUT2D eigenvalue weighted by Gasteiger charge is -1.96. The Morgan fingerprint density at radius 2 is 2.30 bits per heavy atom. The number of alkyl halides is 1. The van der Waals surface area contributed by atoms with Crippen molar-refractivity contribution in [2.24, 2.45) is 0 Å². The van der Waals surface area contributed by atoms with Crippen molar-refractivity contribution >= 4 is 31.9 Å². The zero-order chi connectivity index (χ0) is 7.56. The summed E-state index contributed by atoms with van der Waals surface area (Å²) >= 11 is 6.44. The second kappa shape index (κ2) is 3.44. The normalized spacial score (nSPS) is 9.90. The summed E-state index contributed by atoms with van der Waals surface area (Å²) in [4.78, 5) is 3.48. The molecule has 0 unspecified atom stereocenters. The lowest BCUT2D eigenvalue weighted by atomic mass is 10.3. The van der Waals surface area contributed by atoms with E-state index < -0.39 is 5.95 Å². The Morgan fingerprint density at radius 1 is 1.60 bits per heavy atom. The number of halogens is 3. The third kappa shape index (κ3) is 1.76. The Bertz CT molecular complexity index is 239. The van der Waals surface area contributed by atoms with Crippen LogP contribution in [0.15, 0.2) is 16.7 Å². The SMILES string of the molecule is Fc1cc(Br)c(CBr)cn1. The number of pyridine rings is 1. The van der Waals surface area contributed by atoms with Gasteiger partial charge in [-0.2, -0.15) is 4.39 Å². The van der Waals surface area contributed by atoms with Gasteiger partial charge in [0.25, 0.3) is 0 Å². The van der Waals surface area contributed by atoms with E-state index in [4.69, 9.17) is 0 Å². The maximum absolute atomic E-state index is 12.3. The molecule has 0 saturated heterocycles. The first-order valence-electron chi connectivity index (χ1n) is 2.60. The molecule has 0 aliphatic carbocycles. The number of aromatic nitrogens is 1. The summed E-state index contributed by atoms with van der Waals surface area (Å²) in [6.45, 7) is 0. The molecule has 0 amide bonds. The molecule has 0 radical (unpaired) electrons. The van der Waals surface area contributed by atoms with E-state index in [1.807, 2.05) is 0 Å². The average Bonchev–Trinajstić information content (AvgIpc) is 1.88. The van der Waals surface area contributed by atoms with Crippen molar-refractivity contribution in [2.75, 3.05) is 0 Å². The van der Waals surface area contributed by atoms with E-state index in [9.17, 15) is 4.39 Å². The fourth-order valence-corrected chi connectivity index (χ4v) is 1.79. The minimum absolute atomic E-state index is 0.462. The van der Waals surface area contributed by atoms with Crippen molar-refractivity contribution in [3.63, 3.8) is 0 Å². The van der Waals surface area contributed by atoms with Crippen molar-refractivity contribution in [1.82, 2.24) is 4.98 Å². The summed E-state index contributed by atoms with van der Waals surface area (Å²) in [5.74, 6) is -0.462. The molecule has 1 nitrogen and oxygen atoms in total. The van der Waals surface area contributed by atoms with Gasteiger partial charge in [-0.25, -0.2) is 4.98 Å². The van der Waals surface area contributed by atoms with Crippen LogP contribution in [0, 0.1) is 5.95 Å². The van der Waals surface area contributed by atoms with Crippen LogP contribution in [-0.4, -0.2) is 4.98 Å². The Hall–Kier alpha value is 0.0400. The van der Waals surface area contributed by atoms with E-state index in [2.05, 4.69) is 36.8 Å². The number of nitrogens with zero attached hydrogens (tertiary/aromatic N) is 1. The highest BCUT2D eigenvalue weighted by atomic mass is 79.9. The van der Waals surface area contributed by atoms with E-state index in [0.717, 1.165) is 10.0 Å². The van der Waals surface area contributed by atoms with Crippen LogP contribution in [0.5, 0.6) is 0 Å². The predicted octanol–water partition coefficient (Wildman–Crippen LogP) is 2.88. The lowest BCUT2D eigenvalue weighted by Crippen LogP contribution is -1.86. The lowest BCUT2D eigenvalue weighted by molar-refractivity contribution is 0.582. The van der Waals surface area contributed by atoms with Gasteiger partial charge in [-0.15, -0.1) is 0 Å². The van der Waals surface area contributed by atoms with Crippen molar-refractivity contribution in [3.8, 4) is 0 Å². The summed E-state index contributed by atoms with van der Waals surface area (Å²) in [5, 5.41) is 0.681. The van der Waals surface area contributed by atoms with Crippen LogP contribution in [0.2, 0.25) is 0 Å². The molecule has 1 heterocycles.